The Kier molecular flexibility index (Phi) is 5.40. The van der Waals surface area contributed by atoms with Gasteiger partial charge in [0.15, 0.2) is 0 Å². The van der Waals surface area contributed by atoms with Crippen LogP contribution in [-0.2, 0) is 9.53 Å². The number of rotatable bonds is 4. The number of hydrogen-bond donors (Lipinski definition) is 0. The summed E-state index contributed by atoms with van der Waals surface area (Å²) in [5, 5.41) is 0. The summed E-state index contributed by atoms with van der Waals surface area (Å²) in [6, 6.07) is 10.7. The van der Waals surface area contributed by atoms with Gasteiger partial charge in [-0.3, -0.25) is 0 Å². The van der Waals surface area contributed by atoms with Gasteiger partial charge in [-0.2, -0.15) is 0 Å². The van der Waals surface area contributed by atoms with E-state index in [9.17, 15) is 4.79 Å². The molecule has 2 aromatic rings. The van der Waals surface area contributed by atoms with E-state index in [1.807, 2.05) is 12.1 Å². The molecule has 0 aliphatic carbocycles. The summed E-state index contributed by atoms with van der Waals surface area (Å²) in [4.78, 5) is 14.7. The van der Waals surface area contributed by atoms with Crippen molar-refractivity contribution >= 4 is 29.3 Å². The van der Waals surface area contributed by atoms with E-state index in [1.54, 1.807) is 36.6 Å². The van der Waals surface area contributed by atoms with E-state index in [4.69, 9.17) is 26.1 Å². The second-order valence-electron chi connectivity index (χ2n) is 5.20. The third-order valence-corrected chi connectivity index (χ3v) is 4.04. The van der Waals surface area contributed by atoms with Crippen molar-refractivity contribution in [1.82, 2.24) is 4.90 Å². The maximum absolute atomic E-state index is 11.8. The van der Waals surface area contributed by atoms with Crippen LogP contribution < -0.4 is 4.74 Å². The summed E-state index contributed by atoms with van der Waals surface area (Å²) in [5.41, 5.74) is 0.929. The maximum atomic E-state index is 11.8. The molecule has 0 radical (unpaired) electrons. The minimum atomic E-state index is -0.463. The zero-order chi connectivity index (χ0) is 16.8. The van der Waals surface area contributed by atoms with E-state index >= 15 is 0 Å². The van der Waals surface area contributed by atoms with Gasteiger partial charge in [0.05, 0.1) is 19.5 Å². The van der Waals surface area contributed by atoms with Gasteiger partial charge in [-0.05, 0) is 42.5 Å². The number of carbonyl (C=O) groups is 1. The highest BCUT2D eigenvalue weighted by Crippen LogP contribution is 2.16. The van der Waals surface area contributed by atoms with E-state index < -0.39 is 5.97 Å². The summed E-state index contributed by atoms with van der Waals surface area (Å²) < 4.78 is 15.7. The van der Waals surface area contributed by atoms with Gasteiger partial charge in [0.1, 0.15) is 16.5 Å². The first-order valence-electron chi connectivity index (χ1n) is 7.63. The van der Waals surface area contributed by atoms with Gasteiger partial charge in [0, 0.05) is 24.7 Å². The van der Waals surface area contributed by atoms with E-state index in [0.29, 0.717) is 24.7 Å². The summed E-state index contributed by atoms with van der Waals surface area (Å²) in [6.07, 6.45) is 4.43. The van der Waals surface area contributed by atoms with Crippen LogP contribution in [0.4, 0.5) is 0 Å². The third-order valence-electron chi connectivity index (χ3n) is 3.54. The average Bonchev–Trinajstić information content (AvgIpc) is 3.14. The van der Waals surface area contributed by atoms with Crippen molar-refractivity contribution in [3.8, 4) is 5.75 Å². The molecule has 6 heteroatoms. The van der Waals surface area contributed by atoms with E-state index in [0.717, 1.165) is 23.6 Å². The Morgan fingerprint density at radius 1 is 1.17 bits per heavy atom. The summed E-state index contributed by atoms with van der Waals surface area (Å²) in [5.74, 6) is 0.602. The topological polar surface area (TPSA) is 51.9 Å². The molecule has 0 spiro atoms. The monoisotopic (exact) mass is 343 g/mol. The van der Waals surface area contributed by atoms with Crippen LogP contribution in [0.1, 0.15) is 11.3 Å². The van der Waals surface area contributed by atoms with Crippen molar-refractivity contribution in [1.29, 1.82) is 0 Å². The van der Waals surface area contributed by atoms with Crippen molar-refractivity contribution in [2.24, 2.45) is 0 Å². The summed E-state index contributed by atoms with van der Waals surface area (Å²) in [6.45, 7) is 2.98. The summed E-state index contributed by atoms with van der Waals surface area (Å²) in [7, 11) is 0. The molecule has 24 heavy (non-hydrogen) atoms. The number of furan rings is 1. The fourth-order valence-electron chi connectivity index (χ4n) is 2.30. The number of nitrogens with zero attached hydrogens (tertiary/aromatic N) is 1. The molecule has 124 valence electrons. The molecule has 1 fully saturated rings. The normalized spacial score (nSPS) is 14.8. The van der Waals surface area contributed by atoms with Gasteiger partial charge in [-0.15, -0.1) is 0 Å². The molecule has 0 unspecified atom stereocenters. The van der Waals surface area contributed by atoms with Gasteiger partial charge in [0.25, 0.3) is 0 Å². The Hall–Kier alpha value is -2.44. The SMILES string of the molecule is O=C(C=Cc1ccco1)Oc1ccc(C(=S)N2CCOCC2)cc1. The molecule has 5 nitrogen and oxygen atoms in total. The third kappa shape index (κ3) is 4.31. The molecule has 0 bridgehead atoms. The molecule has 0 atom stereocenters. The molecule has 0 saturated carbocycles. The number of ether oxygens (including phenoxy) is 2. The standard InChI is InChI=1S/C18H17NO4S/c20-17(8-7-15-2-1-11-22-15)23-16-5-3-14(4-6-16)18(24)19-9-12-21-13-10-19/h1-8,11H,9-10,12-13H2. The molecule has 3 rings (SSSR count). The molecule has 0 N–H and O–H groups in total. The van der Waals surface area contributed by atoms with Crippen molar-refractivity contribution < 1.29 is 18.7 Å². The fraction of sp³-hybridized carbons (Fsp3) is 0.222. The van der Waals surface area contributed by atoms with Gasteiger partial charge < -0.3 is 18.8 Å². The number of morpholine rings is 1. The second-order valence-corrected chi connectivity index (χ2v) is 5.59. The van der Waals surface area contributed by atoms with Gasteiger partial charge in [-0.1, -0.05) is 12.2 Å². The lowest BCUT2D eigenvalue weighted by atomic mass is 10.2. The molecule has 1 aliphatic rings. The Balaban J connectivity index is 1.57. The first-order chi connectivity index (χ1) is 11.7. The first kappa shape index (κ1) is 16.4. The summed E-state index contributed by atoms with van der Waals surface area (Å²) >= 11 is 5.50. The number of hydrogen-bond acceptors (Lipinski definition) is 5. The minimum absolute atomic E-state index is 0.463. The highest BCUT2D eigenvalue weighted by molar-refractivity contribution is 7.80. The zero-order valence-electron chi connectivity index (χ0n) is 13.0. The van der Waals surface area contributed by atoms with Crippen molar-refractivity contribution in [3.05, 3.63) is 60.1 Å². The van der Waals surface area contributed by atoms with E-state index in [1.165, 1.54) is 6.08 Å². The molecular weight excluding hydrogens is 326 g/mol. The average molecular weight is 343 g/mol. The molecule has 1 aromatic heterocycles. The number of thiocarbonyl (C=S) groups is 1. The van der Waals surface area contributed by atoms with Crippen molar-refractivity contribution in [2.45, 2.75) is 0 Å². The van der Waals surface area contributed by atoms with Crippen LogP contribution in [-0.4, -0.2) is 42.2 Å². The van der Waals surface area contributed by atoms with Crippen LogP contribution in [0.5, 0.6) is 5.75 Å². The van der Waals surface area contributed by atoms with Crippen LogP contribution in [0, 0.1) is 0 Å². The minimum Gasteiger partial charge on any atom is -0.465 e. The zero-order valence-corrected chi connectivity index (χ0v) is 13.8. The van der Waals surface area contributed by atoms with Crippen molar-refractivity contribution in [2.75, 3.05) is 26.3 Å². The lowest BCUT2D eigenvalue weighted by molar-refractivity contribution is -0.128. The lowest BCUT2D eigenvalue weighted by Gasteiger charge is -2.29. The van der Waals surface area contributed by atoms with Gasteiger partial charge in [0.2, 0.25) is 0 Å². The predicted octanol–water partition coefficient (Wildman–Crippen LogP) is 2.91. The van der Waals surface area contributed by atoms with Gasteiger partial charge >= 0.3 is 5.97 Å². The Morgan fingerprint density at radius 2 is 1.92 bits per heavy atom. The largest absolute Gasteiger partial charge is 0.465 e. The first-order valence-corrected chi connectivity index (χ1v) is 8.04. The number of esters is 1. The molecule has 1 aliphatic heterocycles. The molecule has 0 amide bonds. The van der Waals surface area contributed by atoms with Crippen molar-refractivity contribution in [3.63, 3.8) is 0 Å². The van der Waals surface area contributed by atoms with E-state index in [2.05, 4.69) is 4.90 Å². The fourth-order valence-corrected chi connectivity index (χ4v) is 2.62. The number of carbonyl (C=O) groups excluding carboxylic acids is 1. The highest BCUT2D eigenvalue weighted by Gasteiger charge is 2.15. The second kappa shape index (κ2) is 7.90. The van der Waals surface area contributed by atoms with Crippen LogP contribution >= 0.6 is 12.2 Å². The van der Waals surface area contributed by atoms with Gasteiger partial charge in [-0.25, -0.2) is 4.79 Å². The molecule has 2 heterocycles. The predicted molar refractivity (Wildman–Crippen MR) is 93.9 cm³/mol. The molecular formula is C18H17NO4S. The Bertz CT molecular complexity index is 716. The lowest BCUT2D eigenvalue weighted by Crippen LogP contribution is -2.40. The van der Waals surface area contributed by atoms with Crippen LogP contribution in [0.2, 0.25) is 0 Å². The van der Waals surface area contributed by atoms with Crippen LogP contribution in [0.15, 0.2) is 53.2 Å². The highest BCUT2D eigenvalue weighted by atomic mass is 32.1. The maximum Gasteiger partial charge on any atom is 0.336 e. The van der Waals surface area contributed by atoms with Crippen LogP contribution in [0.3, 0.4) is 0 Å². The molecule has 1 saturated heterocycles. The molecule has 1 aromatic carbocycles. The van der Waals surface area contributed by atoms with E-state index in [-0.39, 0.29) is 0 Å². The number of benzene rings is 1. The Labute approximate surface area is 145 Å². The Morgan fingerprint density at radius 3 is 2.58 bits per heavy atom. The quantitative estimate of drug-likeness (QED) is 0.368. The smallest absolute Gasteiger partial charge is 0.336 e. The van der Waals surface area contributed by atoms with Crippen LogP contribution in [0.25, 0.3) is 6.08 Å².